The Morgan fingerprint density at radius 1 is 1.28 bits per heavy atom. The van der Waals surface area contributed by atoms with Crippen LogP contribution in [-0.2, 0) is 6.54 Å². The second kappa shape index (κ2) is 5.78. The van der Waals surface area contributed by atoms with Gasteiger partial charge in [-0.3, -0.25) is 0 Å². The zero-order chi connectivity index (χ0) is 13.1. The molecule has 18 heavy (non-hydrogen) atoms. The molecule has 1 heterocycles. The Kier molecular flexibility index (Phi) is 4.32. The van der Waals surface area contributed by atoms with Crippen molar-refractivity contribution in [1.82, 2.24) is 5.32 Å². The van der Waals surface area contributed by atoms with Crippen molar-refractivity contribution in [3.8, 4) is 0 Å². The lowest BCUT2D eigenvalue weighted by atomic mass is 10.1. The molecule has 0 aliphatic heterocycles. The Morgan fingerprint density at radius 3 is 2.67 bits per heavy atom. The highest BCUT2D eigenvalue weighted by molar-refractivity contribution is 7.10. The van der Waals surface area contributed by atoms with Crippen molar-refractivity contribution >= 4 is 22.9 Å². The van der Waals surface area contributed by atoms with Crippen LogP contribution in [0.5, 0.6) is 0 Å². The summed E-state index contributed by atoms with van der Waals surface area (Å²) in [6.07, 6.45) is 0. The SMILES string of the molecule is CC(NCc1cc(Cl)cs1)c1ccc(F)c(F)c1. The summed E-state index contributed by atoms with van der Waals surface area (Å²) < 4.78 is 25.9. The van der Waals surface area contributed by atoms with E-state index in [-0.39, 0.29) is 6.04 Å². The highest BCUT2D eigenvalue weighted by Gasteiger charge is 2.09. The van der Waals surface area contributed by atoms with Gasteiger partial charge in [0, 0.05) is 22.8 Å². The largest absolute Gasteiger partial charge is 0.305 e. The van der Waals surface area contributed by atoms with Crippen molar-refractivity contribution in [2.75, 3.05) is 0 Å². The average molecular weight is 288 g/mol. The molecule has 0 amide bonds. The molecule has 0 saturated carbocycles. The van der Waals surface area contributed by atoms with E-state index in [2.05, 4.69) is 5.32 Å². The molecule has 1 aromatic carbocycles. The lowest BCUT2D eigenvalue weighted by molar-refractivity contribution is 0.501. The minimum Gasteiger partial charge on any atom is -0.305 e. The fourth-order valence-electron chi connectivity index (χ4n) is 1.60. The summed E-state index contributed by atoms with van der Waals surface area (Å²) in [5.41, 5.74) is 0.719. The average Bonchev–Trinajstić information content (AvgIpc) is 2.75. The van der Waals surface area contributed by atoms with Crippen LogP contribution < -0.4 is 5.32 Å². The van der Waals surface area contributed by atoms with Crippen LogP contribution in [0.25, 0.3) is 0 Å². The van der Waals surface area contributed by atoms with Gasteiger partial charge in [-0.2, -0.15) is 0 Å². The van der Waals surface area contributed by atoms with E-state index in [0.717, 1.165) is 21.5 Å². The van der Waals surface area contributed by atoms with Crippen molar-refractivity contribution < 1.29 is 8.78 Å². The normalized spacial score (nSPS) is 12.7. The molecule has 0 radical (unpaired) electrons. The molecule has 1 aromatic heterocycles. The molecular weight excluding hydrogens is 276 g/mol. The second-order valence-corrected chi connectivity index (χ2v) is 5.44. The number of thiophene rings is 1. The summed E-state index contributed by atoms with van der Waals surface area (Å²) >= 11 is 7.39. The van der Waals surface area contributed by atoms with E-state index < -0.39 is 11.6 Å². The molecule has 1 unspecified atom stereocenters. The van der Waals surface area contributed by atoms with Gasteiger partial charge in [-0.25, -0.2) is 8.78 Å². The van der Waals surface area contributed by atoms with Crippen LogP contribution >= 0.6 is 22.9 Å². The maximum absolute atomic E-state index is 13.1. The summed E-state index contributed by atoms with van der Waals surface area (Å²) in [5, 5.41) is 5.82. The first-order valence-electron chi connectivity index (χ1n) is 5.47. The topological polar surface area (TPSA) is 12.0 Å². The van der Waals surface area contributed by atoms with E-state index in [1.807, 2.05) is 18.4 Å². The van der Waals surface area contributed by atoms with Crippen LogP contribution in [0.3, 0.4) is 0 Å². The molecule has 96 valence electrons. The number of benzene rings is 1. The number of halogens is 3. The quantitative estimate of drug-likeness (QED) is 0.871. The molecule has 0 spiro atoms. The molecule has 1 N–H and O–H groups in total. The van der Waals surface area contributed by atoms with Gasteiger partial charge >= 0.3 is 0 Å². The van der Waals surface area contributed by atoms with E-state index >= 15 is 0 Å². The van der Waals surface area contributed by atoms with Crippen LogP contribution in [-0.4, -0.2) is 0 Å². The summed E-state index contributed by atoms with van der Waals surface area (Å²) in [5.74, 6) is -1.64. The van der Waals surface area contributed by atoms with Crippen LogP contribution in [0.15, 0.2) is 29.6 Å². The molecule has 1 atom stereocenters. The third-order valence-corrected chi connectivity index (χ3v) is 3.93. The molecule has 2 aromatic rings. The molecule has 0 aliphatic rings. The first-order valence-corrected chi connectivity index (χ1v) is 6.73. The fraction of sp³-hybridized carbons (Fsp3) is 0.231. The van der Waals surface area contributed by atoms with Crippen LogP contribution in [0, 0.1) is 11.6 Å². The second-order valence-electron chi connectivity index (χ2n) is 4.01. The predicted octanol–water partition coefficient (Wildman–Crippen LogP) is 4.53. The zero-order valence-corrected chi connectivity index (χ0v) is 11.3. The molecule has 0 aliphatic carbocycles. The lowest BCUT2D eigenvalue weighted by Gasteiger charge is -2.13. The summed E-state index contributed by atoms with van der Waals surface area (Å²) in [4.78, 5) is 1.11. The van der Waals surface area contributed by atoms with E-state index in [0.29, 0.717) is 6.54 Å². The van der Waals surface area contributed by atoms with Gasteiger partial charge in [0.1, 0.15) is 0 Å². The first kappa shape index (κ1) is 13.5. The van der Waals surface area contributed by atoms with Crippen molar-refractivity contribution in [3.63, 3.8) is 0 Å². The molecule has 0 fully saturated rings. The standard InChI is InChI=1S/C13H12ClF2NS/c1-8(9-2-3-12(15)13(16)4-9)17-6-11-5-10(14)7-18-11/h2-5,7-8,17H,6H2,1H3. The van der Waals surface area contributed by atoms with Crippen molar-refractivity contribution in [2.24, 2.45) is 0 Å². The number of nitrogens with one attached hydrogen (secondary N) is 1. The van der Waals surface area contributed by atoms with Gasteiger partial charge in [0.25, 0.3) is 0 Å². The number of rotatable bonds is 4. The van der Waals surface area contributed by atoms with Gasteiger partial charge in [0.05, 0.1) is 5.02 Å². The van der Waals surface area contributed by atoms with Gasteiger partial charge in [-0.15, -0.1) is 11.3 Å². The van der Waals surface area contributed by atoms with E-state index in [1.165, 1.54) is 6.07 Å². The maximum Gasteiger partial charge on any atom is 0.159 e. The van der Waals surface area contributed by atoms with E-state index in [9.17, 15) is 8.78 Å². The van der Waals surface area contributed by atoms with E-state index in [1.54, 1.807) is 17.4 Å². The Balaban J connectivity index is 1.99. The number of hydrogen-bond acceptors (Lipinski definition) is 2. The zero-order valence-electron chi connectivity index (χ0n) is 9.71. The lowest BCUT2D eigenvalue weighted by Crippen LogP contribution is -2.17. The smallest absolute Gasteiger partial charge is 0.159 e. The third-order valence-electron chi connectivity index (χ3n) is 2.65. The minimum atomic E-state index is -0.823. The molecule has 5 heteroatoms. The third kappa shape index (κ3) is 3.28. The monoisotopic (exact) mass is 287 g/mol. The molecule has 0 saturated heterocycles. The van der Waals surface area contributed by atoms with Gasteiger partial charge < -0.3 is 5.32 Å². The Bertz CT molecular complexity index is 542. The van der Waals surface area contributed by atoms with Crippen LogP contribution in [0.4, 0.5) is 8.78 Å². The Labute approximate surface area is 113 Å². The number of hydrogen-bond donors (Lipinski definition) is 1. The Morgan fingerprint density at radius 2 is 2.06 bits per heavy atom. The van der Waals surface area contributed by atoms with E-state index in [4.69, 9.17) is 11.6 Å². The summed E-state index contributed by atoms with van der Waals surface area (Å²) in [6.45, 7) is 2.56. The van der Waals surface area contributed by atoms with Crippen molar-refractivity contribution in [1.29, 1.82) is 0 Å². The first-order chi connectivity index (χ1) is 8.56. The summed E-state index contributed by atoms with van der Waals surface area (Å²) in [6, 6.07) is 5.77. The molecular formula is C13H12ClF2NS. The molecule has 0 bridgehead atoms. The van der Waals surface area contributed by atoms with Crippen LogP contribution in [0.2, 0.25) is 5.02 Å². The van der Waals surface area contributed by atoms with Gasteiger partial charge in [-0.1, -0.05) is 17.7 Å². The van der Waals surface area contributed by atoms with Gasteiger partial charge in [0.2, 0.25) is 0 Å². The molecule has 1 nitrogen and oxygen atoms in total. The molecule has 2 rings (SSSR count). The fourth-order valence-corrected chi connectivity index (χ4v) is 2.62. The van der Waals surface area contributed by atoms with Crippen LogP contribution in [0.1, 0.15) is 23.4 Å². The van der Waals surface area contributed by atoms with Gasteiger partial charge in [0.15, 0.2) is 11.6 Å². The predicted molar refractivity (Wildman–Crippen MR) is 70.9 cm³/mol. The van der Waals surface area contributed by atoms with Crippen molar-refractivity contribution in [3.05, 3.63) is 56.7 Å². The minimum absolute atomic E-state index is 0.0547. The highest BCUT2D eigenvalue weighted by Crippen LogP contribution is 2.21. The Hall–Kier alpha value is -0.970. The highest BCUT2D eigenvalue weighted by atomic mass is 35.5. The van der Waals surface area contributed by atoms with Crippen molar-refractivity contribution in [2.45, 2.75) is 19.5 Å². The maximum atomic E-state index is 13.1. The van der Waals surface area contributed by atoms with Gasteiger partial charge in [-0.05, 0) is 30.7 Å². The summed E-state index contributed by atoms with van der Waals surface area (Å²) in [7, 11) is 0.